The first kappa shape index (κ1) is 8.02. The van der Waals surface area contributed by atoms with Gasteiger partial charge in [-0.05, 0) is 12.8 Å². The van der Waals surface area contributed by atoms with Crippen LogP contribution in [-0.2, 0) is 9.47 Å². The average molecular weight is 144 g/mol. The van der Waals surface area contributed by atoms with Crippen LogP contribution in [0.3, 0.4) is 0 Å². The van der Waals surface area contributed by atoms with Gasteiger partial charge in [0.25, 0.3) is 0 Å². The minimum Gasteiger partial charge on any atom is -0.373 e. The molecule has 1 heterocycles. The van der Waals surface area contributed by atoms with E-state index in [9.17, 15) is 0 Å². The summed E-state index contributed by atoms with van der Waals surface area (Å²) in [6.45, 7) is 7.87. The van der Waals surface area contributed by atoms with E-state index < -0.39 is 0 Å². The van der Waals surface area contributed by atoms with Crippen molar-refractivity contribution >= 4 is 0 Å². The lowest BCUT2D eigenvalue weighted by Gasteiger charge is -2.29. The number of hydrogen-bond donors (Lipinski definition) is 0. The highest BCUT2D eigenvalue weighted by atomic mass is 16.6. The quantitative estimate of drug-likeness (QED) is 0.554. The van der Waals surface area contributed by atoms with Gasteiger partial charge in [-0.3, -0.25) is 0 Å². The Bertz CT molecular complexity index is 93.4. The molecule has 60 valence electrons. The molecule has 0 radical (unpaired) electrons. The molecule has 0 amide bonds. The summed E-state index contributed by atoms with van der Waals surface area (Å²) in [4.78, 5) is 0. The Morgan fingerprint density at radius 3 is 2.30 bits per heavy atom. The van der Waals surface area contributed by atoms with Crippen LogP contribution < -0.4 is 0 Å². The maximum Gasteiger partial charge on any atom is 0.0832 e. The standard InChI is InChI=1S/C8H16O2/c1-6(2)8-5-9-7(3)4-10-8/h6-8H,4-5H2,1-3H3/t7-,8?/m1/s1. The molecule has 1 rings (SSSR count). The van der Waals surface area contributed by atoms with Crippen LogP contribution in [0.2, 0.25) is 0 Å². The van der Waals surface area contributed by atoms with Gasteiger partial charge in [-0.15, -0.1) is 0 Å². The van der Waals surface area contributed by atoms with Crippen molar-refractivity contribution in [1.29, 1.82) is 0 Å². The molecule has 1 aliphatic rings. The molecule has 1 fully saturated rings. The van der Waals surface area contributed by atoms with E-state index in [1.54, 1.807) is 0 Å². The molecule has 0 aromatic rings. The van der Waals surface area contributed by atoms with Crippen LogP contribution in [0.4, 0.5) is 0 Å². The molecule has 0 saturated carbocycles. The highest BCUT2D eigenvalue weighted by Gasteiger charge is 2.21. The zero-order valence-electron chi connectivity index (χ0n) is 6.96. The summed E-state index contributed by atoms with van der Waals surface area (Å²) in [6.07, 6.45) is 0.603. The molecule has 0 aliphatic carbocycles. The van der Waals surface area contributed by atoms with Gasteiger partial charge in [0.1, 0.15) is 0 Å². The van der Waals surface area contributed by atoms with E-state index in [2.05, 4.69) is 13.8 Å². The van der Waals surface area contributed by atoms with E-state index in [0.29, 0.717) is 12.0 Å². The summed E-state index contributed by atoms with van der Waals surface area (Å²) < 4.78 is 11.0. The third-order valence-corrected chi connectivity index (χ3v) is 1.83. The molecule has 10 heavy (non-hydrogen) atoms. The van der Waals surface area contributed by atoms with Crippen LogP contribution in [0.25, 0.3) is 0 Å². The van der Waals surface area contributed by atoms with Gasteiger partial charge in [0, 0.05) is 0 Å². The lowest BCUT2D eigenvalue weighted by atomic mass is 10.1. The second-order valence-corrected chi connectivity index (χ2v) is 3.26. The van der Waals surface area contributed by atoms with Gasteiger partial charge in [0.15, 0.2) is 0 Å². The third kappa shape index (κ3) is 1.96. The molecular formula is C8H16O2. The first-order chi connectivity index (χ1) is 4.70. The lowest BCUT2D eigenvalue weighted by molar-refractivity contribution is -0.140. The Morgan fingerprint density at radius 1 is 1.20 bits per heavy atom. The summed E-state index contributed by atoms with van der Waals surface area (Å²) in [7, 11) is 0. The van der Waals surface area contributed by atoms with E-state index in [0.717, 1.165) is 13.2 Å². The van der Waals surface area contributed by atoms with Crippen LogP contribution in [0.15, 0.2) is 0 Å². The lowest BCUT2D eigenvalue weighted by Crippen LogP contribution is -2.36. The number of rotatable bonds is 1. The predicted octanol–water partition coefficient (Wildman–Crippen LogP) is 1.45. The first-order valence-corrected chi connectivity index (χ1v) is 3.93. The summed E-state index contributed by atoms with van der Waals surface area (Å²) in [6, 6.07) is 0. The van der Waals surface area contributed by atoms with E-state index in [-0.39, 0.29) is 6.10 Å². The zero-order valence-corrected chi connectivity index (χ0v) is 6.96. The van der Waals surface area contributed by atoms with E-state index >= 15 is 0 Å². The Morgan fingerprint density at radius 2 is 1.90 bits per heavy atom. The second-order valence-electron chi connectivity index (χ2n) is 3.26. The number of ether oxygens (including phenoxy) is 2. The summed E-state index contributed by atoms with van der Waals surface area (Å²) in [5.41, 5.74) is 0. The summed E-state index contributed by atoms with van der Waals surface area (Å²) >= 11 is 0. The maximum absolute atomic E-state index is 5.53. The van der Waals surface area contributed by atoms with Crippen LogP contribution in [-0.4, -0.2) is 25.4 Å². The molecule has 0 bridgehead atoms. The Labute approximate surface area is 62.5 Å². The molecule has 2 atom stereocenters. The monoisotopic (exact) mass is 144 g/mol. The molecule has 0 aromatic heterocycles. The smallest absolute Gasteiger partial charge is 0.0832 e. The predicted molar refractivity (Wildman–Crippen MR) is 40.0 cm³/mol. The molecule has 2 nitrogen and oxygen atoms in total. The molecule has 0 aromatic carbocycles. The van der Waals surface area contributed by atoms with Crippen LogP contribution in [0.1, 0.15) is 20.8 Å². The van der Waals surface area contributed by atoms with Gasteiger partial charge in [0.2, 0.25) is 0 Å². The highest BCUT2D eigenvalue weighted by Crippen LogP contribution is 2.13. The summed E-state index contributed by atoms with van der Waals surface area (Å²) in [5.74, 6) is 0.576. The van der Waals surface area contributed by atoms with Crippen molar-refractivity contribution in [2.45, 2.75) is 33.0 Å². The van der Waals surface area contributed by atoms with Gasteiger partial charge in [-0.2, -0.15) is 0 Å². The largest absolute Gasteiger partial charge is 0.373 e. The third-order valence-electron chi connectivity index (χ3n) is 1.83. The van der Waals surface area contributed by atoms with Gasteiger partial charge < -0.3 is 9.47 Å². The van der Waals surface area contributed by atoms with E-state index in [1.165, 1.54) is 0 Å². The Balaban J connectivity index is 2.26. The first-order valence-electron chi connectivity index (χ1n) is 3.93. The van der Waals surface area contributed by atoms with Crippen LogP contribution in [0, 0.1) is 5.92 Å². The van der Waals surface area contributed by atoms with Crippen molar-refractivity contribution in [3.05, 3.63) is 0 Å². The van der Waals surface area contributed by atoms with Crippen molar-refractivity contribution in [1.82, 2.24) is 0 Å². The Kier molecular flexibility index (Phi) is 2.69. The minimum atomic E-state index is 0.287. The topological polar surface area (TPSA) is 18.5 Å². The molecule has 2 heteroatoms. The number of hydrogen-bond acceptors (Lipinski definition) is 2. The maximum atomic E-state index is 5.53. The van der Waals surface area contributed by atoms with Gasteiger partial charge >= 0.3 is 0 Å². The summed E-state index contributed by atoms with van der Waals surface area (Å²) in [5, 5.41) is 0. The molecule has 0 spiro atoms. The molecule has 1 unspecified atom stereocenters. The van der Waals surface area contributed by atoms with Crippen molar-refractivity contribution in [3.8, 4) is 0 Å². The Hall–Kier alpha value is -0.0800. The molecule has 1 saturated heterocycles. The molecule has 1 aliphatic heterocycles. The highest BCUT2D eigenvalue weighted by molar-refractivity contribution is 4.67. The van der Waals surface area contributed by atoms with Gasteiger partial charge in [-0.1, -0.05) is 13.8 Å². The fraction of sp³-hybridized carbons (Fsp3) is 1.00. The average Bonchev–Trinajstić information content (AvgIpc) is 1.88. The minimum absolute atomic E-state index is 0.287. The molecule has 0 N–H and O–H groups in total. The fourth-order valence-electron chi connectivity index (χ4n) is 0.999. The van der Waals surface area contributed by atoms with E-state index in [4.69, 9.17) is 9.47 Å². The van der Waals surface area contributed by atoms with Crippen LogP contribution in [0.5, 0.6) is 0 Å². The normalized spacial score (nSPS) is 34.8. The fourth-order valence-corrected chi connectivity index (χ4v) is 0.999. The van der Waals surface area contributed by atoms with Gasteiger partial charge in [-0.25, -0.2) is 0 Å². The molecular weight excluding hydrogens is 128 g/mol. The van der Waals surface area contributed by atoms with Gasteiger partial charge in [0.05, 0.1) is 25.4 Å². The van der Waals surface area contributed by atoms with E-state index in [1.807, 2.05) is 6.92 Å². The van der Waals surface area contributed by atoms with Crippen LogP contribution >= 0.6 is 0 Å². The van der Waals surface area contributed by atoms with Crippen molar-refractivity contribution in [3.63, 3.8) is 0 Å². The van der Waals surface area contributed by atoms with Crippen molar-refractivity contribution in [2.75, 3.05) is 13.2 Å². The second kappa shape index (κ2) is 3.35. The van der Waals surface area contributed by atoms with Crippen molar-refractivity contribution < 1.29 is 9.47 Å². The SMILES string of the molecule is CC(C)C1CO[C@H](C)CO1. The zero-order chi connectivity index (χ0) is 7.56. The van der Waals surface area contributed by atoms with Crippen molar-refractivity contribution in [2.24, 2.45) is 5.92 Å².